The molecule has 0 aromatic heterocycles. The molecule has 7 nitrogen and oxygen atoms in total. The molecule has 0 radical (unpaired) electrons. The van der Waals surface area contributed by atoms with Crippen LogP contribution in [-0.4, -0.2) is 29.3 Å². The zero-order valence-corrected chi connectivity index (χ0v) is 16.0. The van der Waals surface area contributed by atoms with Gasteiger partial charge in [-0.25, -0.2) is 13.6 Å². The van der Waals surface area contributed by atoms with Crippen LogP contribution in [0.2, 0.25) is 0 Å². The van der Waals surface area contributed by atoms with Crippen molar-refractivity contribution in [1.29, 1.82) is 0 Å². The molecular weight excluding hydrogens is 393 g/mol. The summed E-state index contributed by atoms with van der Waals surface area (Å²) in [5.74, 6) is -7.93. The lowest BCUT2D eigenvalue weighted by Crippen LogP contribution is -2.33. The molecule has 1 aromatic carbocycles. The second-order valence-electron chi connectivity index (χ2n) is 6.72. The van der Waals surface area contributed by atoms with Gasteiger partial charge in [-0.1, -0.05) is 13.3 Å². The summed E-state index contributed by atoms with van der Waals surface area (Å²) >= 11 is 0. The van der Waals surface area contributed by atoms with Crippen LogP contribution in [0.25, 0.3) is 0 Å². The quantitative estimate of drug-likeness (QED) is 0.0758. The lowest BCUT2D eigenvalue weighted by Gasteiger charge is -2.25. The van der Waals surface area contributed by atoms with Gasteiger partial charge < -0.3 is 10.1 Å². The highest BCUT2D eigenvalue weighted by Crippen LogP contribution is 2.32. The monoisotopic (exact) mass is 414 g/mol. The lowest BCUT2D eigenvalue weighted by atomic mass is 9.93. The Kier molecular flexibility index (Phi) is 7.35. The Morgan fingerprint density at radius 2 is 1.90 bits per heavy atom. The van der Waals surface area contributed by atoms with E-state index in [9.17, 15) is 32.9 Å². The number of Topliss-reactive ketones (excluding diaryl/α,β-unsaturated/α-hetero) is 1. The van der Waals surface area contributed by atoms with Crippen molar-refractivity contribution in [2.75, 3.05) is 6.61 Å². The normalized spacial score (nSPS) is 14.3. The molecule has 0 bridgehead atoms. The molecule has 1 aliphatic rings. The SMILES string of the molecule is CCCCOC(=O)C(=CNC1CCC1)C(=O)c1c(F)c(C)c(F)c(F)c1[N+](=O)[O-]. The van der Waals surface area contributed by atoms with Crippen LogP contribution >= 0.6 is 0 Å². The Hall–Kier alpha value is -2.91. The Bertz CT molecular complexity index is 866. The van der Waals surface area contributed by atoms with Gasteiger partial charge in [0.15, 0.2) is 5.82 Å². The van der Waals surface area contributed by atoms with Gasteiger partial charge in [-0.05, 0) is 32.6 Å². The Morgan fingerprint density at radius 3 is 2.41 bits per heavy atom. The van der Waals surface area contributed by atoms with Crippen LogP contribution in [0, 0.1) is 34.5 Å². The van der Waals surface area contributed by atoms with Crippen LogP contribution in [0.15, 0.2) is 11.8 Å². The first-order valence-electron chi connectivity index (χ1n) is 9.20. The maximum atomic E-state index is 14.6. The first-order valence-corrected chi connectivity index (χ1v) is 9.20. The van der Waals surface area contributed by atoms with Gasteiger partial charge in [0.2, 0.25) is 11.6 Å². The fourth-order valence-electron chi connectivity index (χ4n) is 2.66. The molecule has 0 heterocycles. The van der Waals surface area contributed by atoms with E-state index in [-0.39, 0.29) is 12.6 Å². The molecule has 0 atom stereocenters. The molecule has 1 saturated carbocycles. The number of nitro benzene ring substituents is 1. The third-order valence-corrected chi connectivity index (χ3v) is 4.69. The minimum Gasteiger partial charge on any atom is -0.462 e. The highest BCUT2D eigenvalue weighted by atomic mass is 19.2. The number of nitrogens with one attached hydrogen (secondary N) is 1. The molecule has 0 spiro atoms. The number of carbonyl (C=O) groups is 2. The first kappa shape index (κ1) is 22.4. The molecule has 1 aliphatic carbocycles. The molecular formula is C19H21F3N2O5. The van der Waals surface area contributed by atoms with Crippen LogP contribution in [0.5, 0.6) is 0 Å². The van der Waals surface area contributed by atoms with E-state index >= 15 is 0 Å². The van der Waals surface area contributed by atoms with Crippen molar-refractivity contribution in [3.05, 3.63) is 50.5 Å². The van der Waals surface area contributed by atoms with Crippen molar-refractivity contribution in [3.63, 3.8) is 0 Å². The Morgan fingerprint density at radius 1 is 1.24 bits per heavy atom. The van der Waals surface area contributed by atoms with Crippen molar-refractivity contribution >= 4 is 17.4 Å². The molecule has 1 aromatic rings. The molecule has 29 heavy (non-hydrogen) atoms. The molecule has 1 N–H and O–H groups in total. The molecule has 158 valence electrons. The topological polar surface area (TPSA) is 98.5 Å². The van der Waals surface area contributed by atoms with Gasteiger partial charge in [0.05, 0.1) is 11.5 Å². The van der Waals surface area contributed by atoms with E-state index in [0.29, 0.717) is 12.8 Å². The Labute approximate surface area is 165 Å². The second kappa shape index (κ2) is 9.53. The average molecular weight is 414 g/mol. The van der Waals surface area contributed by atoms with Gasteiger partial charge >= 0.3 is 11.7 Å². The minimum atomic E-state index is -1.97. The average Bonchev–Trinajstić information content (AvgIpc) is 2.64. The molecule has 0 aliphatic heterocycles. The lowest BCUT2D eigenvalue weighted by molar-refractivity contribution is -0.388. The third kappa shape index (κ3) is 4.75. The van der Waals surface area contributed by atoms with E-state index in [2.05, 4.69) is 5.32 Å². The minimum absolute atomic E-state index is 0.0206. The van der Waals surface area contributed by atoms with E-state index < -0.39 is 56.5 Å². The van der Waals surface area contributed by atoms with Gasteiger partial charge in [-0.15, -0.1) is 0 Å². The van der Waals surface area contributed by atoms with Crippen LogP contribution in [0.1, 0.15) is 54.9 Å². The largest absolute Gasteiger partial charge is 0.462 e. The number of hydrogen-bond donors (Lipinski definition) is 1. The number of ketones is 1. The second-order valence-corrected chi connectivity index (χ2v) is 6.72. The maximum absolute atomic E-state index is 14.6. The summed E-state index contributed by atoms with van der Waals surface area (Å²) in [5, 5.41) is 14.0. The summed E-state index contributed by atoms with van der Waals surface area (Å²) in [7, 11) is 0. The summed E-state index contributed by atoms with van der Waals surface area (Å²) in [6.45, 7) is 2.66. The molecule has 0 amide bonds. The van der Waals surface area contributed by atoms with Gasteiger partial charge in [0.1, 0.15) is 17.0 Å². The highest BCUT2D eigenvalue weighted by molar-refractivity contribution is 6.25. The predicted molar refractivity (Wildman–Crippen MR) is 96.8 cm³/mol. The number of unbranched alkanes of at least 4 members (excludes halogenated alkanes) is 1. The molecule has 0 unspecified atom stereocenters. The van der Waals surface area contributed by atoms with Crippen LogP contribution in [0.4, 0.5) is 18.9 Å². The number of halogens is 3. The summed E-state index contributed by atoms with van der Waals surface area (Å²) in [4.78, 5) is 35.0. The van der Waals surface area contributed by atoms with Gasteiger partial charge in [0.25, 0.3) is 0 Å². The number of hydrogen-bond acceptors (Lipinski definition) is 6. The number of rotatable bonds is 9. The molecule has 0 saturated heterocycles. The molecule has 10 heteroatoms. The number of carbonyl (C=O) groups excluding carboxylic acids is 2. The van der Waals surface area contributed by atoms with Crippen LogP contribution < -0.4 is 5.32 Å². The van der Waals surface area contributed by atoms with E-state index in [1.54, 1.807) is 0 Å². The van der Waals surface area contributed by atoms with Gasteiger partial charge in [0, 0.05) is 17.8 Å². The van der Waals surface area contributed by atoms with E-state index in [4.69, 9.17) is 4.74 Å². The summed E-state index contributed by atoms with van der Waals surface area (Å²) in [6.07, 6.45) is 4.70. The first-order chi connectivity index (χ1) is 13.7. The van der Waals surface area contributed by atoms with E-state index in [0.717, 1.165) is 32.4 Å². The number of nitro groups is 1. The van der Waals surface area contributed by atoms with E-state index in [1.165, 1.54) is 0 Å². The third-order valence-electron chi connectivity index (χ3n) is 4.69. The van der Waals surface area contributed by atoms with Crippen LogP contribution in [0.3, 0.4) is 0 Å². The highest BCUT2D eigenvalue weighted by Gasteiger charge is 2.37. The van der Waals surface area contributed by atoms with E-state index in [1.807, 2.05) is 6.92 Å². The predicted octanol–water partition coefficient (Wildman–Crippen LogP) is 3.87. The maximum Gasteiger partial charge on any atom is 0.343 e. The van der Waals surface area contributed by atoms with Crippen molar-refractivity contribution < 1.29 is 32.4 Å². The summed E-state index contributed by atoms with van der Waals surface area (Å²) in [5.41, 5.74) is -4.60. The molecule has 1 fully saturated rings. The fraction of sp³-hybridized carbons (Fsp3) is 0.474. The fourth-order valence-corrected chi connectivity index (χ4v) is 2.66. The summed E-state index contributed by atoms with van der Waals surface area (Å²) in [6, 6.07) is -0.0206. The van der Waals surface area contributed by atoms with Crippen molar-refractivity contribution in [2.24, 2.45) is 0 Å². The Balaban J connectivity index is 2.52. The van der Waals surface area contributed by atoms with Gasteiger partial charge in [-0.3, -0.25) is 14.9 Å². The standard InChI is InChI=1S/C19H21F3N2O5/c1-3-4-8-29-19(26)12(9-23-11-6-5-7-11)18(25)13-14(20)10(2)15(21)16(22)17(13)24(27)28/h9,11,23H,3-8H2,1-2H3. The zero-order chi connectivity index (χ0) is 21.7. The number of nitrogens with zero attached hydrogens (tertiary/aromatic N) is 1. The number of benzene rings is 1. The smallest absolute Gasteiger partial charge is 0.343 e. The van der Waals surface area contributed by atoms with Gasteiger partial charge in [-0.2, -0.15) is 4.39 Å². The summed E-state index contributed by atoms with van der Waals surface area (Å²) < 4.78 is 47.5. The number of ether oxygens (including phenoxy) is 1. The van der Waals surface area contributed by atoms with Crippen LogP contribution in [-0.2, 0) is 9.53 Å². The zero-order valence-electron chi connectivity index (χ0n) is 16.0. The van der Waals surface area contributed by atoms with Crippen molar-refractivity contribution in [1.82, 2.24) is 5.32 Å². The van der Waals surface area contributed by atoms with Crippen molar-refractivity contribution in [3.8, 4) is 0 Å². The number of esters is 1. The molecule has 2 rings (SSSR count). The van der Waals surface area contributed by atoms with Crippen molar-refractivity contribution in [2.45, 2.75) is 52.0 Å².